The number of carbonyl (C=O) groups excluding carboxylic acids is 1. The van der Waals surface area contributed by atoms with E-state index in [2.05, 4.69) is 25.2 Å². The van der Waals surface area contributed by atoms with Crippen LogP contribution in [0.3, 0.4) is 0 Å². The fraction of sp³-hybridized carbons (Fsp3) is 0.615. The highest BCUT2D eigenvalue weighted by atomic mass is 32.1. The summed E-state index contributed by atoms with van der Waals surface area (Å²) in [6, 6.07) is 3.68. The molecule has 96 valence electrons. The van der Waals surface area contributed by atoms with Gasteiger partial charge in [-0.2, -0.15) is 0 Å². The summed E-state index contributed by atoms with van der Waals surface area (Å²) in [4.78, 5) is 13.1. The zero-order chi connectivity index (χ0) is 13.0. The van der Waals surface area contributed by atoms with Crippen molar-refractivity contribution in [1.82, 2.24) is 5.32 Å². The summed E-state index contributed by atoms with van der Waals surface area (Å²) in [5.74, 6) is 0.454. The molecule has 0 aromatic carbocycles. The van der Waals surface area contributed by atoms with Crippen LogP contribution in [-0.2, 0) is 4.79 Å². The molecule has 0 bridgehead atoms. The van der Waals surface area contributed by atoms with E-state index in [1.807, 2.05) is 25.3 Å². The van der Waals surface area contributed by atoms with Crippen molar-refractivity contribution >= 4 is 17.2 Å². The Morgan fingerprint density at radius 1 is 1.29 bits per heavy atom. The fourth-order valence-electron chi connectivity index (χ4n) is 1.59. The van der Waals surface area contributed by atoms with E-state index in [0.29, 0.717) is 5.92 Å². The molecule has 0 radical (unpaired) electrons. The molecule has 1 heterocycles. The molecule has 3 nitrogen and oxygen atoms in total. The monoisotopic (exact) mass is 254 g/mol. The molecular weight excluding hydrogens is 232 g/mol. The Labute approximate surface area is 107 Å². The predicted octanol–water partition coefficient (Wildman–Crippen LogP) is 2.54. The van der Waals surface area contributed by atoms with E-state index >= 15 is 0 Å². The second-order valence-electron chi connectivity index (χ2n) is 5.02. The molecule has 0 spiro atoms. The number of nitrogens with one attached hydrogen (secondary N) is 1. The van der Waals surface area contributed by atoms with E-state index in [-0.39, 0.29) is 17.9 Å². The molecular formula is C13H22N2OS. The number of rotatable bonds is 5. The molecule has 0 aliphatic rings. The minimum absolute atomic E-state index is 0.0623. The number of nitrogens with two attached hydrogens (primary N) is 1. The van der Waals surface area contributed by atoms with E-state index in [9.17, 15) is 4.79 Å². The van der Waals surface area contributed by atoms with Crippen LogP contribution in [0.5, 0.6) is 0 Å². The average molecular weight is 254 g/mol. The van der Waals surface area contributed by atoms with E-state index < -0.39 is 6.04 Å². The number of amides is 1. The van der Waals surface area contributed by atoms with Crippen molar-refractivity contribution in [2.75, 3.05) is 0 Å². The minimum atomic E-state index is -0.434. The van der Waals surface area contributed by atoms with Gasteiger partial charge in [0, 0.05) is 4.88 Å². The highest BCUT2D eigenvalue weighted by Crippen LogP contribution is 2.25. The summed E-state index contributed by atoms with van der Waals surface area (Å²) < 4.78 is 0. The first-order chi connectivity index (χ1) is 7.93. The van der Waals surface area contributed by atoms with Crippen LogP contribution in [0, 0.1) is 11.8 Å². The number of carbonyl (C=O) groups is 1. The smallest absolute Gasteiger partial charge is 0.237 e. The normalized spacial score (nSPS) is 15.0. The summed E-state index contributed by atoms with van der Waals surface area (Å²) in [6.07, 6.45) is 0. The molecule has 4 heteroatoms. The van der Waals surface area contributed by atoms with Gasteiger partial charge < -0.3 is 11.1 Å². The van der Waals surface area contributed by atoms with Gasteiger partial charge in [-0.25, -0.2) is 0 Å². The van der Waals surface area contributed by atoms with Crippen LogP contribution in [0.15, 0.2) is 17.5 Å². The molecule has 2 atom stereocenters. The molecule has 1 rings (SSSR count). The van der Waals surface area contributed by atoms with Crippen LogP contribution in [0.1, 0.15) is 38.6 Å². The molecule has 3 N–H and O–H groups in total. The molecule has 17 heavy (non-hydrogen) atoms. The third-order valence-electron chi connectivity index (χ3n) is 2.84. The van der Waals surface area contributed by atoms with Crippen LogP contribution >= 0.6 is 11.3 Å². The molecule has 0 saturated carbocycles. The first kappa shape index (κ1) is 14.2. The first-order valence-electron chi connectivity index (χ1n) is 6.02. The Morgan fingerprint density at radius 2 is 1.94 bits per heavy atom. The topological polar surface area (TPSA) is 55.1 Å². The van der Waals surface area contributed by atoms with Gasteiger partial charge in [0.2, 0.25) is 5.91 Å². The van der Waals surface area contributed by atoms with E-state index in [1.165, 1.54) is 4.88 Å². The third kappa shape index (κ3) is 3.82. The summed E-state index contributed by atoms with van der Waals surface area (Å²) in [7, 11) is 0. The van der Waals surface area contributed by atoms with Gasteiger partial charge in [0.1, 0.15) is 0 Å². The van der Waals surface area contributed by atoms with Gasteiger partial charge in [-0.1, -0.05) is 33.8 Å². The van der Waals surface area contributed by atoms with Gasteiger partial charge in [0.15, 0.2) is 0 Å². The van der Waals surface area contributed by atoms with Crippen molar-refractivity contribution in [3.05, 3.63) is 22.4 Å². The lowest BCUT2D eigenvalue weighted by Gasteiger charge is -2.24. The highest BCUT2D eigenvalue weighted by molar-refractivity contribution is 7.10. The minimum Gasteiger partial charge on any atom is -0.347 e. The molecule has 0 saturated heterocycles. The van der Waals surface area contributed by atoms with Gasteiger partial charge in [0.05, 0.1) is 12.1 Å². The Hall–Kier alpha value is -0.870. The van der Waals surface area contributed by atoms with Crippen molar-refractivity contribution in [2.24, 2.45) is 17.6 Å². The van der Waals surface area contributed by atoms with Crippen molar-refractivity contribution in [2.45, 2.75) is 39.8 Å². The predicted molar refractivity (Wildman–Crippen MR) is 72.9 cm³/mol. The number of thiophene rings is 1. The van der Waals surface area contributed by atoms with Crippen LogP contribution in [-0.4, -0.2) is 11.9 Å². The largest absolute Gasteiger partial charge is 0.347 e. The summed E-state index contributed by atoms with van der Waals surface area (Å²) >= 11 is 1.67. The fourth-order valence-corrected chi connectivity index (χ4v) is 2.54. The maximum Gasteiger partial charge on any atom is 0.237 e. The molecule has 1 unspecified atom stereocenters. The summed E-state index contributed by atoms with van der Waals surface area (Å²) in [6.45, 7) is 8.12. The molecule has 0 aliphatic carbocycles. The zero-order valence-corrected chi connectivity index (χ0v) is 11.8. The van der Waals surface area contributed by atoms with Crippen molar-refractivity contribution < 1.29 is 4.79 Å². The Kier molecular flexibility index (Phi) is 5.15. The first-order valence-corrected chi connectivity index (χ1v) is 6.90. The van der Waals surface area contributed by atoms with Crippen molar-refractivity contribution in [3.63, 3.8) is 0 Å². The zero-order valence-electron chi connectivity index (χ0n) is 10.9. The Balaban J connectivity index is 2.72. The van der Waals surface area contributed by atoms with Gasteiger partial charge in [-0.3, -0.25) is 4.79 Å². The maximum absolute atomic E-state index is 12.0. The maximum atomic E-state index is 12.0. The van der Waals surface area contributed by atoms with Crippen molar-refractivity contribution in [3.8, 4) is 0 Å². The third-order valence-corrected chi connectivity index (χ3v) is 3.79. The molecule has 1 aromatic heterocycles. The molecule has 0 fully saturated rings. The molecule has 1 amide bonds. The molecule has 1 aromatic rings. The van der Waals surface area contributed by atoms with E-state index in [0.717, 1.165) is 0 Å². The lowest BCUT2D eigenvalue weighted by Crippen LogP contribution is -2.46. The average Bonchev–Trinajstić information content (AvgIpc) is 2.76. The van der Waals surface area contributed by atoms with Gasteiger partial charge in [-0.05, 0) is 23.3 Å². The highest BCUT2D eigenvalue weighted by Gasteiger charge is 2.23. The Morgan fingerprint density at radius 3 is 2.35 bits per heavy atom. The number of hydrogen-bond donors (Lipinski definition) is 2. The number of hydrogen-bond acceptors (Lipinski definition) is 3. The lowest BCUT2D eigenvalue weighted by molar-refractivity contribution is -0.124. The van der Waals surface area contributed by atoms with Crippen LogP contribution in [0.25, 0.3) is 0 Å². The van der Waals surface area contributed by atoms with E-state index in [4.69, 9.17) is 5.73 Å². The van der Waals surface area contributed by atoms with Crippen LogP contribution < -0.4 is 11.1 Å². The van der Waals surface area contributed by atoms with E-state index in [1.54, 1.807) is 11.3 Å². The second kappa shape index (κ2) is 6.17. The summed E-state index contributed by atoms with van der Waals surface area (Å²) in [5.41, 5.74) is 5.85. The van der Waals surface area contributed by atoms with Gasteiger partial charge in [-0.15, -0.1) is 11.3 Å². The standard InChI is InChI=1S/C13H22N2OS/c1-8(2)11(14)13(16)15-12(9(3)4)10-6-5-7-17-10/h5-9,11-12H,14H2,1-4H3,(H,15,16)/t11-,12?/m1/s1. The van der Waals surface area contributed by atoms with Crippen LogP contribution in [0.4, 0.5) is 0 Å². The quantitative estimate of drug-likeness (QED) is 0.848. The summed E-state index contributed by atoms with van der Waals surface area (Å²) in [5, 5.41) is 5.07. The van der Waals surface area contributed by atoms with Crippen LogP contribution in [0.2, 0.25) is 0 Å². The van der Waals surface area contributed by atoms with Gasteiger partial charge >= 0.3 is 0 Å². The van der Waals surface area contributed by atoms with Crippen molar-refractivity contribution in [1.29, 1.82) is 0 Å². The SMILES string of the molecule is CC(C)C(NC(=O)[C@H](N)C(C)C)c1cccs1. The molecule has 0 aliphatic heterocycles. The Bertz CT molecular complexity index is 346. The second-order valence-corrected chi connectivity index (χ2v) is 5.99. The van der Waals surface area contributed by atoms with Gasteiger partial charge in [0.25, 0.3) is 0 Å². The lowest BCUT2D eigenvalue weighted by atomic mass is 10.00.